The first-order valence-corrected chi connectivity index (χ1v) is 6.01. The minimum atomic E-state index is 0.427. The summed E-state index contributed by atoms with van der Waals surface area (Å²) in [6, 6.07) is 1.90. The second-order valence-corrected chi connectivity index (χ2v) is 4.98. The first-order chi connectivity index (χ1) is 6.91. The molecule has 0 radical (unpaired) electrons. The van der Waals surface area contributed by atoms with Crippen LogP contribution in [0, 0.1) is 0 Å². The van der Waals surface area contributed by atoms with Gasteiger partial charge in [0.2, 0.25) is 0 Å². The molecule has 0 heterocycles. The number of hydrogen-bond donors (Lipinski definition) is 2. The molecule has 0 rings (SSSR count). The fourth-order valence-corrected chi connectivity index (χ4v) is 1.66. The quantitative estimate of drug-likeness (QED) is 0.649. The number of rotatable bonds is 8. The predicted molar refractivity (Wildman–Crippen MR) is 66.3 cm³/mol. The number of nitrogens with one attached hydrogen (secondary N) is 2. The van der Waals surface area contributed by atoms with E-state index in [1.807, 2.05) is 0 Å². The molecule has 0 aliphatic rings. The smallest absolute Gasteiger partial charge is 0.0617 e. The fraction of sp³-hybridized carbons (Fsp3) is 1.00. The standard InChI is InChI=1S/C12H28N2O/c1-9(2)13-11(5)7-15-8-12(6)14-10(3)4/h9-14H,7-8H2,1-6H3. The molecule has 15 heavy (non-hydrogen) atoms. The van der Waals surface area contributed by atoms with Gasteiger partial charge in [-0.3, -0.25) is 0 Å². The minimum Gasteiger partial charge on any atom is -0.378 e. The van der Waals surface area contributed by atoms with Crippen LogP contribution in [0.25, 0.3) is 0 Å². The van der Waals surface area contributed by atoms with Crippen LogP contribution in [0.5, 0.6) is 0 Å². The lowest BCUT2D eigenvalue weighted by atomic mass is 10.3. The minimum absolute atomic E-state index is 0.427. The van der Waals surface area contributed by atoms with Crippen LogP contribution < -0.4 is 10.6 Å². The highest BCUT2D eigenvalue weighted by Gasteiger charge is 2.06. The summed E-state index contributed by atoms with van der Waals surface area (Å²) >= 11 is 0. The van der Waals surface area contributed by atoms with E-state index in [1.165, 1.54) is 0 Å². The van der Waals surface area contributed by atoms with Gasteiger partial charge >= 0.3 is 0 Å². The zero-order chi connectivity index (χ0) is 11.8. The molecule has 0 saturated heterocycles. The van der Waals surface area contributed by atoms with Crippen LogP contribution in [0.1, 0.15) is 41.5 Å². The molecular weight excluding hydrogens is 188 g/mol. The van der Waals surface area contributed by atoms with E-state index in [-0.39, 0.29) is 0 Å². The van der Waals surface area contributed by atoms with Crippen molar-refractivity contribution in [3.05, 3.63) is 0 Å². The van der Waals surface area contributed by atoms with Gasteiger partial charge in [0.15, 0.2) is 0 Å². The summed E-state index contributed by atoms with van der Waals surface area (Å²) in [6.07, 6.45) is 0. The Morgan fingerprint density at radius 3 is 1.33 bits per heavy atom. The van der Waals surface area contributed by atoms with Gasteiger partial charge in [-0.2, -0.15) is 0 Å². The van der Waals surface area contributed by atoms with Gasteiger partial charge < -0.3 is 15.4 Å². The Morgan fingerprint density at radius 2 is 1.07 bits per heavy atom. The normalized spacial score (nSPS) is 16.0. The highest BCUT2D eigenvalue weighted by atomic mass is 16.5. The topological polar surface area (TPSA) is 33.3 Å². The third kappa shape index (κ3) is 10.2. The van der Waals surface area contributed by atoms with Crippen molar-refractivity contribution in [2.75, 3.05) is 13.2 Å². The van der Waals surface area contributed by atoms with Gasteiger partial charge in [0.25, 0.3) is 0 Å². The van der Waals surface area contributed by atoms with Crippen LogP contribution >= 0.6 is 0 Å². The summed E-state index contributed by atoms with van der Waals surface area (Å²) < 4.78 is 5.63. The van der Waals surface area contributed by atoms with Gasteiger partial charge in [-0.1, -0.05) is 27.7 Å². The summed E-state index contributed by atoms with van der Waals surface area (Å²) in [5.41, 5.74) is 0. The summed E-state index contributed by atoms with van der Waals surface area (Å²) in [5.74, 6) is 0. The van der Waals surface area contributed by atoms with Crippen molar-refractivity contribution < 1.29 is 4.74 Å². The van der Waals surface area contributed by atoms with Crippen LogP contribution in [0.4, 0.5) is 0 Å². The van der Waals surface area contributed by atoms with E-state index < -0.39 is 0 Å². The number of ether oxygens (including phenoxy) is 1. The van der Waals surface area contributed by atoms with Crippen molar-refractivity contribution in [2.45, 2.75) is 65.7 Å². The first kappa shape index (κ1) is 14.9. The summed E-state index contributed by atoms with van der Waals surface area (Å²) in [6.45, 7) is 14.5. The van der Waals surface area contributed by atoms with Gasteiger partial charge in [0.05, 0.1) is 13.2 Å². The van der Waals surface area contributed by atoms with Crippen molar-refractivity contribution in [2.24, 2.45) is 0 Å². The SMILES string of the molecule is CC(C)NC(C)COCC(C)NC(C)C. The Bertz CT molecular complexity index is 133. The fourth-order valence-electron chi connectivity index (χ4n) is 1.66. The summed E-state index contributed by atoms with van der Waals surface area (Å²) in [7, 11) is 0. The van der Waals surface area contributed by atoms with E-state index in [2.05, 4.69) is 52.2 Å². The molecule has 2 unspecified atom stereocenters. The van der Waals surface area contributed by atoms with Crippen LogP contribution in [-0.4, -0.2) is 37.4 Å². The lowest BCUT2D eigenvalue weighted by molar-refractivity contribution is 0.0954. The maximum atomic E-state index is 5.63. The predicted octanol–water partition coefficient (Wildman–Crippen LogP) is 1.78. The second kappa shape index (κ2) is 8.08. The largest absolute Gasteiger partial charge is 0.378 e. The highest BCUT2D eigenvalue weighted by molar-refractivity contribution is 4.65. The van der Waals surface area contributed by atoms with Crippen molar-refractivity contribution in [1.29, 1.82) is 0 Å². The molecule has 0 saturated carbocycles. The van der Waals surface area contributed by atoms with Crippen molar-refractivity contribution >= 4 is 0 Å². The molecule has 0 aromatic rings. The molecule has 0 aliphatic carbocycles. The molecule has 3 nitrogen and oxygen atoms in total. The molecule has 0 aromatic heterocycles. The Morgan fingerprint density at radius 1 is 0.733 bits per heavy atom. The Labute approximate surface area is 95.0 Å². The lowest BCUT2D eigenvalue weighted by Crippen LogP contribution is -2.39. The third-order valence-corrected chi connectivity index (χ3v) is 1.97. The molecule has 0 aliphatic heterocycles. The van der Waals surface area contributed by atoms with E-state index in [0.29, 0.717) is 24.2 Å². The average molecular weight is 216 g/mol. The second-order valence-electron chi connectivity index (χ2n) is 4.98. The van der Waals surface area contributed by atoms with Crippen molar-refractivity contribution in [3.63, 3.8) is 0 Å². The van der Waals surface area contributed by atoms with Gasteiger partial charge in [-0.15, -0.1) is 0 Å². The maximum Gasteiger partial charge on any atom is 0.0617 e. The van der Waals surface area contributed by atoms with Crippen molar-refractivity contribution in [1.82, 2.24) is 10.6 Å². The van der Waals surface area contributed by atoms with Crippen LogP contribution in [0.3, 0.4) is 0 Å². The van der Waals surface area contributed by atoms with Crippen LogP contribution in [-0.2, 0) is 4.74 Å². The molecular formula is C12H28N2O. The third-order valence-electron chi connectivity index (χ3n) is 1.97. The van der Waals surface area contributed by atoms with E-state index >= 15 is 0 Å². The Kier molecular flexibility index (Phi) is 8.02. The van der Waals surface area contributed by atoms with E-state index in [4.69, 9.17) is 4.74 Å². The van der Waals surface area contributed by atoms with E-state index in [1.54, 1.807) is 0 Å². The van der Waals surface area contributed by atoms with E-state index in [0.717, 1.165) is 13.2 Å². The van der Waals surface area contributed by atoms with Crippen LogP contribution in [0.15, 0.2) is 0 Å². The maximum absolute atomic E-state index is 5.63. The monoisotopic (exact) mass is 216 g/mol. The summed E-state index contributed by atoms with van der Waals surface area (Å²) in [5, 5.41) is 6.82. The molecule has 0 spiro atoms. The van der Waals surface area contributed by atoms with Gasteiger partial charge in [-0.05, 0) is 13.8 Å². The Balaban J connectivity index is 3.44. The molecule has 0 aromatic carbocycles. The lowest BCUT2D eigenvalue weighted by Gasteiger charge is -2.20. The molecule has 2 N–H and O–H groups in total. The first-order valence-electron chi connectivity index (χ1n) is 6.01. The zero-order valence-electron chi connectivity index (χ0n) is 11.1. The summed E-state index contributed by atoms with van der Waals surface area (Å²) in [4.78, 5) is 0. The number of hydrogen-bond acceptors (Lipinski definition) is 3. The van der Waals surface area contributed by atoms with E-state index in [9.17, 15) is 0 Å². The Hall–Kier alpha value is -0.120. The highest BCUT2D eigenvalue weighted by Crippen LogP contribution is 1.92. The molecule has 92 valence electrons. The molecule has 2 atom stereocenters. The molecule has 0 fully saturated rings. The van der Waals surface area contributed by atoms with Gasteiger partial charge in [0.1, 0.15) is 0 Å². The van der Waals surface area contributed by atoms with Crippen LogP contribution in [0.2, 0.25) is 0 Å². The van der Waals surface area contributed by atoms with Gasteiger partial charge in [-0.25, -0.2) is 0 Å². The zero-order valence-corrected chi connectivity index (χ0v) is 11.1. The molecule has 0 bridgehead atoms. The van der Waals surface area contributed by atoms with Gasteiger partial charge in [0, 0.05) is 24.2 Å². The molecule has 0 amide bonds. The average Bonchev–Trinajstić information content (AvgIpc) is 2.00. The van der Waals surface area contributed by atoms with Crippen molar-refractivity contribution in [3.8, 4) is 0 Å². The molecule has 3 heteroatoms.